The van der Waals surface area contributed by atoms with E-state index in [4.69, 9.17) is 16.1 Å². The first kappa shape index (κ1) is 20.5. The van der Waals surface area contributed by atoms with E-state index in [0.29, 0.717) is 16.1 Å². The van der Waals surface area contributed by atoms with Crippen LogP contribution in [0.2, 0.25) is 5.02 Å². The van der Waals surface area contributed by atoms with Crippen LogP contribution >= 0.6 is 11.6 Å². The second-order valence-corrected chi connectivity index (χ2v) is 6.99. The second-order valence-electron chi connectivity index (χ2n) is 6.58. The highest BCUT2D eigenvalue weighted by Gasteiger charge is 2.27. The van der Waals surface area contributed by atoms with Crippen molar-refractivity contribution in [2.75, 3.05) is 0 Å². The van der Waals surface area contributed by atoms with E-state index in [-0.39, 0.29) is 29.2 Å². The van der Waals surface area contributed by atoms with Gasteiger partial charge in [0.05, 0.1) is 15.5 Å². The second kappa shape index (κ2) is 8.83. The topological polar surface area (TPSA) is 111 Å². The summed E-state index contributed by atoms with van der Waals surface area (Å²) in [6.45, 7) is 3.94. The van der Waals surface area contributed by atoms with Crippen LogP contribution in [0.1, 0.15) is 42.6 Å². The Morgan fingerprint density at radius 2 is 2.03 bits per heavy atom. The minimum absolute atomic E-state index is 0.000141. The van der Waals surface area contributed by atoms with E-state index in [0.717, 1.165) is 6.42 Å². The van der Waals surface area contributed by atoms with Crippen molar-refractivity contribution in [3.8, 4) is 11.4 Å². The van der Waals surface area contributed by atoms with Crippen molar-refractivity contribution in [3.05, 3.63) is 75.1 Å². The number of nitrogens with one attached hydrogen (secondary N) is 1. The Morgan fingerprint density at radius 3 is 2.72 bits per heavy atom. The lowest BCUT2D eigenvalue weighted by molar-refractivity contribution is -0.384. The van der Waals surface area contributed by atoms with Crippen LogP contribution in [-0.4, -0.2) is 21.0 Å². The number of amides is 1. The van der Waals surface area contributed by atoms with E-state index in [2.05, 4.69) is 15.5 Å². The van der Waals surface area contributed by atoms with Gasteiger partial charge in [0.25, 0.3) is 11.6 Å². The summed E-state index contributed by atoms with van der Waals surface area (Å²) in [5.41, 5.74) is 0.731. The van der Waals surface area contributed by atoms with Gasteiger partial charge in [0.15, 0.2) is 0 Å². The maximum absolute atomic E-state index is 12.7. The number of hydrogen-bond acceptors (Lipinski definition) is 6. The van der Waals surface area contributed by atoms with Gasteiger partial charge in [0.2, 0.25) is 11.7 Å². The SMILES string of the molecule is CC[C@@H](C)[C@@H](NC(=O)c1ccccc1Cl)c1nc(-c2cccc([N+](=O)[O-])c2)no1. The average molecular weight is 415 g/mol. The van der Waals surface area contributed by atoms with Gasteiger partial charge in [-0.05, 0) is 18.1 Å². The number of aromatic nitrogens is 2. The summed E-state index contributed by atoms with van der Waals surface area (Å²) in [5.74, 6) is 0.0844. The molecule has 1 amide bonds. The van der Waals surface area contributed by atoms with Crippen LogP contribution in [-0.2, 0) is 0 Å². The number of nitro groups is 1. The zero-order chi connectivity index (χ0) is 21.0. The predicted octanol–water partition coefficient (Wildman–Crippen LogP) is 4.82. The first-order valence-electron chi connectivity index (χ1n) is 9.04. The minimum atomic E-state index is -0.538. The molecule has 0 saturated heterocycles. The fourth-order valence-corrected chi connectivity index (χ4v) is 3.01. The molecule has 2 aromatic carbocycles. The van der Waals surface area contributed by atoms with Crippen LogP contribution < -0.4 is 5.32 Å². The maximum atomic E-state index is 12.7. The molecule has 0 spiro atoms. The van der Waals surface area contributed by atoms with Crippen molar-refractivity contribution < 1.29 is 14.2 Å². The molecule has 0 radical (unpaired) electrons. The van der Waals surface area contributed by atoms with Crippen LogP contribution in [0.4, 0.5) is 5.69 Å². The molecule has 3 aromatic rings. The standard InChI is InChI=1S/C20H19ClN4O4/c1-3-12(2)17(22-19(26)15-9-4-5-10-16(15)21)20-23-18(24-29-20)13-7-6-8-14(11-13)25(27)28/h4-12,17H,3H2,1-2H3,(H,22,26)/t12-,17-/m1/s1. The van der Waals surface area contributed by atoms with Crippen LogP contribution in [0.25, 0.3) is 11.4 Å². The van der Waals surface area contributed by atoms with Crippen LogP contribution in [0.5, 0.6) is 0 Å². The lowest BCUT2D eigenvalue weighted by Gasteiger charge is -2.21. The molecular formula is C20H19ClN4O4. The van der Waals surface area contributed by atoms with E-state index >= 15 is 0 Å². The van der Waals surface area contributed by atoms with Gasteiger partial charge < -0.3 is 9.84 Å². The number of carbonyl (C=O) groups is 1. The molecular weight excluding hydrogens is 396 g/mol. The van der Waals surface area contributed by atoms with Crippen molar-refractivity contribution in [1.82, 2.24) is 15.5 Å². The predicted molar refractivity (Wildman–Crippen MR) is 108 cm³/mol. The monoisotopic (exact) mass is 414 g/mol. The summed E-state index contributed by atoms with van der Waals surface area (Å²) in [6.07, 6.45) is 0.752. The van der Waals surface area contributed by atoms with Gasteiger partial charge in [-0.1, -0.05) is 61.3 Å². The summed E-state index contributed by atoms with van der Waals surface area (Å²) in [6, 6.07) is 12.2. The molecule has 1 aromatic heterocycles. The van der Waals surface area contributed by atoms with E-state index in [9.17, 15) is 14.9 Å². The molecule has 0 unspecified atom stereocenters. The Labute approximate surface area is 172 Å². The number of nitrogens with zero attached hydrogens (tertiary/aromatic N) is 3. The number of carbonyl (C=O) groups excluding carboxylic acids is 1. The van der Waals surface area contributed by atoms with E-state index < -0.39 is 11.0 Å². The number of rotatable bonds is 7. The molecule has 0 aliphatic rings. The number of halogens is 1. The lowest BCUT2D eigenvalue weighted by Crippen LogP contribution is -2.33. The highest BCUT2D eigenvalue weighted by molar-refractivity contribution is 6.33. The van der Waals surface area contributed by atoms with E-state index in [1.54, 1.807) is 36.4 Å². The molecule has 9 heteroatoms. The largest absolute Gasteiger partial charge is 0.340 e. The molecule has 0 fully saturated rings. The fraction of sp³-hybridized carbons (Fsp3) is 0.250. The smallest absolute Gasteiger partial charge is 0.270 e. The van der Waals surface area contributed by atoms with Crippen molar-refractivity contribution in [3.63, 3.8) is 0 Å². The number of non-ortho nitro benzene ring substituents is 1. The molecule has 150 valence electrons. The van der Waals surface area contributed by atoms with Crippen molar-refractivity contribution in [1.29, 1.82) is 0 Å². The van der Waals surface area contributed by atoms with Gasteiger partial charge in [-0.15, -0.1) is 0 Å². The summed E-state index contributed by atoms with van der Waals surface area (Å²) in [7, 11) is 0. The van der Waals surface area contributed by atoms with Crippen LogP contribution in [0.3, 0.4) is 0 Å². The Bertz CT molecular complexity index is 1040. The molecule has 0 aliphatic heterocycles. The fourth-order valence-electron chi connectivity index (χ4n) is 2.78. The zero-order valence-electron chi connectivity index (χ0n) is 15.8. The number of hydrogen-bond donors (Lipinski definition) is 1. The molecule has 3 rings (SSSR count). The first-order valence-corrected chi connectivity index (χ1v) is 9.42. The third-order valence-electron chi connectivity index (χ3n) is 4.64. The highest BCUT2D eigenvalue weighted by atomic mass is 35.5. The quantitative estimate of drug-likeness (QED) is 0.438. The molecule has 2 atom stereocenters. The van der Waals surface area contributed by atoms with Crippen molar-refractivity contribution in [2.24, 2.45) is 5.92 Å². The molecule has 0 bridgehead atoms. The molecule has 29 heavy (non-hydrogen) atoms. The number of nitro benzene ring substituents is 1. The van der Waals surface area contributed by atoms with Gasteiger partial charge in [-0.2, -0.15) is 4.98 Å². The zero-order valence-corrected chi connectivity index (χ0v) is 16.6. The third-order valence-corrected chi connectivity index (χ3v) is 4.97. The highest BCUT2D eigenvalue weighted by Crippen LogP contribution is 2.28. The number of benzene rings is 2. The Morgan fingerprint density at radius 1 is 1.28 bits per heavy atom. The molecule has 1 heterocycles. The molecule has 0 aliphatic carbocycles. The third kappa shape index (κ3) is 4.60. The van der Waals surface area contributed by atoms with E-state index in [1.165, 1.54) is 12.1 Å². The normalized spacial score (nSPS) is 12.9. The van der Waals surface area contributed by atoms with Crippen molar-refractivity contribution >= 4 is 23.2 Å². The Hall–Kier alpha value is -3.26. The van der Waals surface area contributed by atoms with Gasteiger partial charge in [0, 0.05) is 17.7 Å². The average Bonchev–Trinajstić information content (AvgIpc) is 3.21. The van der Waals surface area contributed by atoms with Crippen LogP contribution in [0, 0.1) is 16.0 Å². The lowest BCUT2D eigenvalue weighted by atomic mass is 9.98. The molecule has 8 nitrogen and oxygen atoms in total. The van der Waals surface area contributed by atoms with Crippen LogP contribution in [0.15, 0.2) is 53.1 Å². The Balaban J connectivity index is 1.89. The summed E-state index contributed by atoms with van der Waals surface area (Å²) in [5, 5.41) is 18.2. The van der Waals surface area contributed by atoms with Gasteiger partial charge in [-0.25, -0.2) is 0 Å². The molecule has 1 N–H and O–H groups in total. The Kier molecular flexibility index (Phi) is 6.23. The maximum Gasteiger partial charge on any atom is 0.270 e. The van der Waals surface area contributed by atoms with Crippen molar-refractivity contribution in [2.45, 2.75) is 26.3 Å². The first-order chi connectivity index (χ1) is 13.9. The van der Waals surface area contributed by atoms with Gasteiger partial charge >= 0.3 is 0 Å². The van der Waals surface area contributed by atoms with E-state index in [1.807, 2.05) is 13.8 Å². The summed E-state index contributed by atoms with van der Waals surface area (Å²) in [4.78, 5) is 27.6. The summed E-state index contributed by atoms with van der Waals surface area (Å²) >= 11 is 6.12. The minimum Gasteiger partial charge on any atom is -0.340 e. The van der Waals surface area contributed by atoms with Gasteiger partial charge in [0.1, 0.15) is 6.04 Å². The summed E-state index contributed by atoms with van der Waals surface area (Å²) < 4.78 is 5.39. The van der Waals surface area contributed by atoms with Gasteiger partial charge in [-0.3, -0.25) is 14.9 Å². The molecule has 0 saturated carbocycles.